The first-order chi connectivity index (χ1) is 13.0. The zero-order valence-electron chi connectivity index (χ0n) is 14.9. The maximum atomic E-state index is 13.1. The van der Waals surface area contributed by atoms with Crippen molar-refractivity contribution in [3.63, 3.8) is 0 Å². The first-order valence-corrected chi connectivity index (χ1v) is 8.67. The Bertz CT molecular complexity index is 978. The van der Waals surface area contributed by atoms with E-state index in [2.05, 4.69) is 22.0 Å². The number of para-hydroxylation sites is 2. The second-order valence-electron chi connectivity index (χ2n) is 5.96. The summed E-state index contributed by atoms with van der Waals surface area (Å²) in [6.07, 6.45) is 0. The number of hydrogen-bond acceptors (Lipinski definition) is 4. The fraction of sp³-hybridized carbons (Fsp3) is 0.150. The minimum atomic E-state index is -0.471. The van der Waals surface area contributed by atoms with Crippen LogP contribution in [0.1, 0.15) is 24.1 Å². The van der Waals surface area contributed by atoms with Gasteiger partial charge in [-0.1, -0.05) is 24.3 Å². The number of nitrogens with one attached hydrogen (secondary N) is 3. The van der Waals surface area contributed by atoms with Gasteiger partial charge in [-0.2, -0.15) is 5.26 Å². The SMILES string of the molecule is COc1ccccc1NC(=O)C1=C(C)NC(=S)N[C@H]1c1cccc(C#N)c1. The summed E-state index contributed by atoms with van der Waals surface area (Å²) < 4.78 is 5.30. The van der Waals surface area contributed by atoms with Crippen LogP contribution in [-0.2, 0) is 4.79 Å². The minimum absolute atomic E-state index is 0.285. The molecule has 0 radical (unpaired) electrons. The zero-order chi connectivity index (χ0) is 19.4. The minimum Gasteiger partial charge on any atom is -0.495 e. The van der Waals surface area contributed by atoms with Crippen molar-refractivity contribution in [2.24, 2.45) is 0 Å². The van der Waals surface area contributed by atoms with Gasteiger partial charge in [0.25, 0.3) is 5.91 Å². The quantitative estimate of drug-likeness (QED) is 0.709. The molecule has 136 valence electrons. The van der Waals surface area contributed by atoms with Crippen LogP contribution in [0, 0.1) is 11.3 Å². The van der Waals surface area contributed by atoms with Crippen LogP contribution in [0.4, 0.5) is 5.69 Å². The summed E-state index contributed by atoms with van der Waals surface area (Å²) in [6.45, 7) is 1.80. The summed E-state index contributed by atoms with van der Waals surface area (Å²) in [5.41, 5.74) is 3.01. The number of amides is 1. The number of nitrogens with zero attached hydrogens (tertiary/aromatic N) is 1. The van der Waals surface area contributed by atoms with E-state index in [9.17, 15) is 10.1 Å². The number of anilines is 1. The van der Waals surface area contributed by atoms with E-state index in [1.807, 2.05) is 18.2 Å². The number of ether oxygens (including phenoxy) is 1. The van der Waals surface area contributed by atoms with Gasteiger partial charge in [0, 0.05) is 5.70 Å². The Morgan fingerprint density at radius 1 is 1.26 bits per heavy atom. The molecule has 0 saturated heterocycles. The van der Waals surface area contributed by atoms with Crippen molar-refractivity contribution in [1.82, 2.24) is 10.6 Å². The monoisotopic (exact) mass is 378 g/mol. The molecule has 27 heavy (non-hydrogen) atoms. The molecular formula is C20H18N4O2S. The molecule has 0 spiro atoms. The van der Waals surface area contributed by atoms with Crippen molar-refractivity contribution in [2.75, 3.05) is 12.4 Å². The zero-order valence-corrected chi connectivity index (χ0v) is 15.7. The molecule has 0 aliphatic carbocycles. The van der Waals surface area contributed by atoms with E-state index in [0.29, 0.717) is 33.4 Å². The summed E-state index contributed by atoms with van der Waals surface area (Å²) in [5.74, 6) is 0.284. The Balaban J connectivity index is 1.98. The van der Waals surface area contributed by atoms with E-state index in [1.54, 1.807) is 44.4 Å². The number of thiocarbonyl (C=S) groups is 1. The molecule has 0 unspecified atom stereocenters. The largest absolute Gasteiger partial charge is 0.495 e. The Labute approximate surface area is 162 Å². The Hall–Kier alpha value is -3.37. The third-order valence-corrected chi connectivity index (χ3v) is 4.44. The maximum absolute atomic E-state index is 13.1. The van der Waals surface area contributed by atoms with Gasteiger partial charge in [0.2, 0.25) is 0 Å². The number of rotatable bonds is 4. The first kappa shape index (κ1) is 18.4. The highest BCUT2D eigenvalue weighted by atomic mass is 32.1. The Morgan fingerprint density at radius 2 is 2.04 bits per heavy atom. The standard InChI is InChI=1S/C20H18N4O2S/c1-12-17(19(25)23-15-8-3-4-9-16(15)26-2)18(24-20(27)22-12)14-7-5-6-13(10-14)11-21/h3-10,18H,1-2H3,(H,23,25)(H2,22,24,27)/t18-/m0/s1. The second kappa shape index (κ2) is 7.89. The fourth-order valence-electron chi connectivity index (χ4n) is 2.97. The molecule has 0 fully saturated rings. The number of benzene rings is 2. The fourth-order valence-corrected chi connectivity index (χ4v) is 3.24. The number of carbonyl (C=O) groups is 1. The van der Waals surface area contributed by atoms with Crippen molar-refractivity contribution in [1.29, 1.82) is 5.26 Å². The predicted octanol–water partition coefficient (Wildman–Crippen LogP) is 3.00. The average Bonchev–Trinajstić information content (AvgIpc) is 2.67. The lowest BCUT2D eigenvalue weighted by Crippen LogP contribution is -2.45. The van der Waals surface area contributed by atoms with E-state index < -0.39 is 6.04 Å². The highest BCUT2D eigenvalue weighted by Gasteiger charge is 2.30. The second-order valence-corrected chi connectivity index (χ2v) is 6.37. The third kappa shape index (κ3) is 3.91. The van der Waals surface area contributed by atoms with E-state index in [4.69, 9.17) is 17.0 Å². The maximum Gasteiger partial charge on any atom is 0.255 e. The van der Waals surface area contributed by atoms with Gasteiger partial charge >= 0.3 is 0 Å². The topological polar surface area (TPSA) is 86.2 Å². The Morgan fingerprint density at radius 3 is 2.78 bits per heavy atom. The van der Waals surface area contributed by atoms with E-state index in [0.717, 1.165) is 5.56 Å². The van der Waals surface area contributed by atoms with E-state index in [1.165, 1.54) is 0 Å². The predicted molar refractivity (Wildman–Crippen MR) is 107 cm³/mol. The van der Waals surface area contributed by atoms with Gasteiger partial charge in [-0.3, -0.25) is 4.79 Å². The third-order valence-electron chi connectivity index (χ3n) is 4.22. The highest BCUT2D eigenvalue weighted by molar-refractivity contribution is 7.80. The number of methoxy groups -OCH3 is 1. The van der Waals surface area contributed by atoms with Crippen LogP contribution in [0.25, 0.3) is 0 Å². The van der Waals surface area contributed by atoms with E-state index in [-0.39, 0.29) is 5.91 Å². The molecule has 1 aliphatic heterocycles. The molecule has 0 bridgehead atoms. The van der Waals surface area contributed by atoms with Crippen molar-refractivity contribution < 1.29 is 9.53 Å². The Kier molecular flexibility index (Phi) is 5.38. The van der Waals surface area contributed by atoms with Crippen LogP contribution in [0.5, 0.6) is 5.75 Å². The van der Waals surface area contributed by atoms with Gasteiger partial charge in [0.05, 0.1) is 36.0 Å². The average molecular weight is 378 g/mol. The lowest BCUT2D eigenvalue weighted by atomic mass is 9.94. The van der Waals surface area contributed by atoms with Crippen LogP contribution in [0.2, 0.25) is 0 Å². The summed E-state index contributed by atoms with van der Waals surface area (Å²) in [5, 5.41) is 18.6. The summed E-state index contributed by atoms with van der Waals surface area (Å²) >= 11 is 5.26. The smallest absolute Gasteiger partial charge is 0.255 e. The summed E-state index contributed by atoms with van der Waals surface area (Å²) in [6, 6.07) is 15.9. The summed E-state index contributed by atoms with van der Waals surface area (Å²) in [7, 11) is 1.55. The molecule has 3 rings (SSSR count). The van der Waals surface area contributed by atoms with Crippen LogP contribution >= 0.6 is 12.2 Å². The van der Waals surface area contributed by atoms with Crippen molar-refractivity contribution >= 4 is 28.9 Å². The molecule has 2 aromatic carbocycles. The molecule has 1 atom stereocenters. The van der Waals surface area contributed by atoms with Crippen LogP contribution < -0.4 is 20.7 Å². The van der Waals surface area contributed by atoms with E-state index >= 15 is 0 Å². The van der Waals surface area contributed by atoms with Crippen LogP contribution in [-0.4, -0.2) is 18.1 Å². The molecule has 6 nitrogen and oxygen atoms in total. The molecular weight excluding hydrogens is 360 g/mol. The number of hydrogen-bond donors (Lipinski definition) is 3. The van der Waals surface area contributed by atoms with Gasteiger partial charge < -0.3 is 20.7 Å². The molecule has 1 aliphatic rings. The van der Waals surface area contributed by atoms with Gasteiger partial charge in [-0.15, -0.1) is 0 Å². The first-order valence-electron chi connectivity index (χ1n) is 8.26. The van der Waals surface area contributed by atoms with Crippen molar-refractivity contribution in [3.05, 3.63) is 70.9 Å². The molecule has 3 N–H and O–H groups in total. The summed E-state index contributed by atoms with van der Waals surface area (Å²) in [4.78, 5) is 13.1. The van der Waals surface area contributed by atoms with Gasteiger partial charge in [0.1, 0.15) is 5.75 Å². The normalized spacial score (nSPS) is 16.0. The van der Waals surface area contributed by atoms with Gasteiger partial charge in [-0.25, -0.2) is 0 Å². The molecule has 7 heteroatoms. The molecule has 2 aromatic rings. The molecule has 0 aromatic heterocycles. The van der Waals surface area contributed by atoms with Crippen molar-refractivity contribution in [2.45, 2.75) is 13.0 Å². The van der Waals surface area contributed by atoms with Gasteiger partial charge in [-0.05, 0) is 49.0 Å². The molecule has 1 heterocycles. The number of carbonyl (C=O) groups excluding carboxylic acids is 1. The van der Waals surface area contributed by atoms with Gasteiger partial charge in [0.15, 0.2) is 5.11 Å². The lowest BCUT2D eigenvalue weighted by Gasteiger charge is -2.30. The number of nitriles is 1. The lowest BCUT2D eigenvalue weighted by molar-refractivity contribution is -0.113. The molecule has 0 saturated carbocycles. The van der Waals surface area contributed by atoms with Crippen LogP contribution in [0.3, 0.4) is 0 Å². The van der Waals surface area contributed by atoms with Crippen molar-refractivity contribution in [3.8, 4) is 11.8 Å². The van der Waals surface area contributed by atoms with Crippen LogP contribution in [0.15, 0.2) is 59.8 Å². The number of allylic oxidation sites excluding steroid dienone is 1. The molecule has 1 amide bonds. The highest BCUT2D eigenvalue weighted by Crippen LogP contribution is 2.30.